The van der Waals surface area contributed by atoms with E-state index in [2.05, 4.69) is 4.90 Å². The van der Waals surface area contributed by atoms with E-state index in [4.69, 9.17) is 32.8 Å². The fraction of sp³-hybridized carbons (Fsp3) is 0.583. The molecule has 1 aromatic carbocycles. The third kappa shape index (κ3) is 9.49. The first kappa shape index (κ1) is 26.3. The number of esters is 1. The second kappa shape index (κ2) is 15.5. The fourth-order valence-corrected chi connectivity index (χ4v) is 3.25. The number of ether oxygens (including phenoxy) is 6. The molecular weight excluding hydrogens is 446 g/mol. The first-order valence-electron chi connectivity index (χ1n) is 11.5. The molecule has 0 radical (unpaired) electrons. The summed E-state index contributed by atoms with van der Waals surface area (Å²) in [4.78, 5) is 26.7. The normalized spacial score (nSPS) is 18.7. The third-order valence-corrected chi connectivity index (χ3v) is 5.09. The number of carbonyl (C=O) groups is 1. The van der Waals surface area contributed by atoms with Gasteiger partial charge >= 0.3 is 11.6 Å². The zero-order chi connectivity index (χ0) is 23.8. The van der Waals surface area contributed by atoms with Crippen LogP contribution in [0.2, 0.25) is 0 Å². The van der Waals surface area contributed by atoms with E-state index in [9.17, 15) is 9.59 Å². The van der Waals surface area contributed by atoms with Crippen molar-refractivity contribution >= 4 is 16.9 Å². The van der Waals surface area contributed by atoms with E-state index in [1.807, 2.05) is 0 Å². The maximum absolute atomic E-state index is 12.5. The Balaban J connectivity index is 1.45. The van der Waals surface area contributed by atoms with Gasteiger partial charge in [0, 0.05) is 25.0 Å². The summed E-state index contributed by atoms with van der Waals surface area (Å²) in [6.45, 7) is 6.91. The lowest BCUT2D eigenvalue weighted by Crippen LogP contribution is -2.35. The number of para-hydroxylation sites is 1. The lowest BCUT2D eigenvalue weighted by molar-refractivity contribution is -0.0196. The summed E-state index contributed by atoms with van der Waals surface area (Å²) in [7, 11) is 0. The fourth-order valence-electron chi connectivity index (χ4n) is 3.25. The Hall–Kier alpha value is -2.34. The highest BCUT2D eigenvalue weighted by molar-refractivity contribution is 5.92. The molecule has 0 aliphatic carbocycles. The number of nitrogens with zero attached hydrogens (tertiary/aromatic N) is 1. The molecule has 0 atom stereocenters. The van der Waals surface area contributed by atoms with Crippen LogP contribution in [0.1, 0.15) is 10.4 Å². The number of benzene rings is 1. The van der Waals surface area contributed by atoms with Gasteiger partial charge in [-0.15, -0.1) is 0 Å². The molecule has 1 aliphatic rings. The second-order valence-electron chi connectivity index (χ2n) is 7.52. The van der Waals surface area contributed by atoms with Crippen LogP contribution in [0.3, 0.4) is 0 Å². The standard InChI is InChI=1S/C24H33NO9/c26-23(21-19-20-3-1-2-4-22(20)34-24(21)27)33-10-7-25-5-8-28-11-13-30-15-17-32-18-16-31-14-12-29-9-6-25/h1-4,19H,5-18H2. The van der Waals surface area contributed by atoms with Crippen LogP contribution in [0, 0.1) is 0 Å². The minimum atomic E-state index is -0.710. The average Bonchev–Trinajstić information content (AvgIpc) is 2.84. The van der Waals surface area contributed by atoms with E-state index in [1.54, 1.807) is 24.3 Å². The summed E-state index contributed by atoms with van der Waals surface area (Å²) < 4.78 is 38.2. The van der Waals surface area contributed by atoms with Crippen molar-refractivity contribution in [1.29, 1.82) is 0 Å². The van der Waals surface area contributed by atoms with Crippen molar-refractivity contribution in [2.24, 2.45) is 0 Å². The summed E-state index contributed by atoms with van der Waals surface area (Å²) >= 11 is 0. The third-order valence-electron chi connectivity index (χ3n) is 5.09. The molecule has 1 saturated heterocycles. The lowest BCUT2D eigenvalue weighted by atomic mass is 10.2. The highest BCUT2D eigenvalue weighted by Crippen LogP contribution is 2.13. The number of carbonyl (C=O) groups excluding carboxylic acids is 1. The predicted octanol–water partition coefficient (Wildman–Crippen LogP) is 1.35. The lowest BCUT2D eigenvalue weighted by Gasteiger charge is -2.22. The molecule has 188 valence electrons. The molecule has 3 rings (SSSR count). The molecule has 0 unspecified atom stereocenters. The maximum atomic E-state index is 12.5. The van der Waals surface area contributed by atoms with Gasteiger partial charge in [-0.3, -0.25) is 4.90 Å². The number of fused-ring (bicyclic) bond motifs is 1. The second-order valence-corrected chi connectivity index (χ2v) is 7.52. The minimum Gasteiger partial charge on any atom is -0.461 e. The first-order valence-corrected chi connectivity index (χ1v) is 11.5. The van der Waals surface area contributed by atoms with Gasteiger partial charge in [0.05, 0.1) is 66.1 Å². The molecule has 0 spiro atoms. The van der Waals surface area contributed by atoms with Crippen molar-refractivity contribution in [3.05, 3.63) is 46.3 Å². The molecule has 1 aliphatic heterocycles. The van der Waals surface area contributed by atoms with Gasteiger partial charge in [-0.1, -0.05) is 18.2 Å². The molecule has 0 N–H and O–H groups in total. The number of hydrogen-bond donors (Lipinski definition) is 0. The SMILES string of the molecule is O=C(OCCN1CCOCCOCCOCCOCCOCC1)c1cc2ccccc2oc1=O. The van der Waals surface area contributed by atoms with Gasteiger partial charge in [-0.05, 0) is 12.1 Å². The molecule has 2 aromatic rings. The number of hydrogen-bond acceptors (Lipinski definition) is 10. The van der Waals surface area contributed by atoms with Crippen molar-refractivity contribution < 1.29 is 37.6 Å². The minimum absolute atomic E-state index is 0.115. The van der Waals surface area contributed by atoms with Crippen LogP contribution in [-0.4, -0.2) is 103 Å². The summed E-state index contributed by atoms with van der Waals surface area (Å²) in [5.74, 6) is -0.702. The van der Waals surface area contributed by atoms with Crippen LogP contribution in [-0.2, 0) is 28.4 Å². The van der Waals surface area contributed by atoms with Gasteiger partial charge in [0.2, 0.25) is 0 Å². The molecule has 10 heteroatoms. The van der Waals surface area contributed by atoms with Crippen LogP contribution in [0.4, 0.5) is 0 Å². The molecular formula is C24H33NO9. The zero-order valence-corrected chi connectivity index (χ0v) is 19.4. The smallest absolute Gasteiger partial charge is 0.351 e. The molecule has 0 amide bonds. The Bertz CT molecular complexity index is 899. The van der Waals surface area contributed by atoms with Crippen LogP contribution < -0.4 is 5.63 Å². The van der Waals surface area contributed by atoms with Gasteiger partial charge in [0.1, 0.15) is 17.8 Å². The van der Waals surface area contributed by atoms with Gasteiger partial charge in [0.25, 0.3) is 0 Å². The summed E-state index contributed by atoms with van der Waals surface area (Å²) in [5, 5.41) is 0.663. The molecule has 1 aromatic heterocycles. The molecule has 0 bridgehead atoms. The summed E-state index contributed by atoms with van der Waals surface area (Å²) in [6, 6.07) is 8.51. The molecule has 10 nitrogen and oxygen atoms in total. The van der Waals surface area contributed by atoms with E-state index in [0.717, 1.165) is 0 Å². The van der Waals surface area contributed by atoms with Crippen molar-refractivity contribution in [3.8, 4) is 0 Å². The summed E-state index contributed by atoms with van der Waals surface area (Å²) in [6.07, 6.45) is 0. The largest absolute Gasteiger partial charge is 0.461 e. The molecule has 2 heterocycles. The Labute approximate surface area is 198 Å². The number of rotatable bonds is 4. The van der Waals surface area contributed by atoms with Crippen molar-refractivity contribution in [3.63, 3.8) is 0 Å². The van der Waals surface area contributed by atoms with Crippen molar-refractivity contribution in [2.45, 2.75) is 0 Å². The Morgan fingerprint density at radius 3 is 1.91 bits per heavy atom. The van der Waals surface area contributed by atoms with Crippen LogP contribution in [0.15, 0.2) is 39.5 Å². The zero-order valence-electron chi connectivity index (χ0n) is 19.4. The monoisotopic (exact) mass is 479 g/mol. The average molecular weight is 480 g/mol. The Kier molecular flexibility index (Phi) is 12.0. The quantitative estimate of drug-likeness (QED) is 0.471. The topological polar surface area (TPSA) is 106 Å². The Morgan fingerprint density at radius 1 is 0.794 bits per heavy atom. The van der Waals surface area contributed by atoms with E-state index in [-0.39, 0.29) is 12.2 Å². The van der Waals surface area contributed by atoms with Gasteiger partial charge in [-0.2, -0.15) is 0 Å². The first-order chi connectivity index (χ1) is 16.7. The van der Waals surface area contributed by atoms with Gasteiger partial charge < -0.3 is 32.8 Å². The van der Waals surface area contributed by atoms with Crippen LogP contribution in [0.25, 0.3) is 11.0 Å². The van der Waals surface area contributed by atoms with Crippen LogP contribution >= 0.6 is 0 Å². The van der Waals surface area contributed by atoms with Gasteiger partial charge in [-0.25, -0.2) is 9.59 Å². The van der Waals surface area contributed by atoms with Gasteiger partial charge in [0.15, 0.2) is 0 Å². The van der Waals surface area contributed by atoms with Crippen LogP contribution in [0.5, 0.6) is 0 Å². The highest BCUT2D eigenvalue weighted by atomic mass is 16.6. The maximum Gasteiger partial charge on any atom is 0.351 e. The van der Waals surface area contributed by atoms with E-state index >= 15 is 0 Å². The molecule has 34 heavy (non-hydrogen) atoms. The highest BCUT2D eigenvalue weighted by Gasteiger charge is 2.16. The predicted molar refractivity (Wildman–Crippen MR) is 123 cm³/mol. The van der Waals surface area contributed by atoms with E-state index in [1.165, 1.54) is 6.07 Å². The molecule has 0 saturated carbocycles. The van der Waals surface area contributed by atoms with Crippen molar-refractivity contribution in [2.75, 3.05) is 92.3 Å². The molecule has 1 fully saturated rings. The van der Waals surface area contributed by atoms with Crippen molar-refractivity contribution in [1.82, 2.24) is 4.90 Å². The van der Waals surface area contributed by atoms with E-state index < -0.39 is 11.6 Å². The Morgan fingerprint density at radius 2 is 1.32 bits per heavy atom. The summed E-state index contributed by atoms with van der Waals surface area (Å²) in [5.41, 5.74) is -0.398. The van der Waals surface area contributed by atoms with E-state index in [0.29, 0.717) is 96.7 Å².